The molecule has 6 heteroatoms. The molecule has 1 aliphatic heterocycles. The Morgan fingerprint density at radius 1 is 1.35 bits per heavy atom. The van der Waals surface area contributed by atoms with Crippen molar-refractivity contribution >= 4 is 5.91 Å². The van der Waals surface area contributed by atoms with Gasteiger partial charge in [0.1, 0.15) is 5.56 Å². The molecule has 0 aliphatic carbocycles. The molecule has 0 bridgehead atoms. The summed E-state index contributed by atoms with van der Waals surface area (Å²) in [5.41, 5.74) is 1.32. The van der Waals surface area contributed by atoms with Crippen LogP contribution < -0.4 is 0 Å². The molecule has 1 fully saturated rings. The van der Waals surface area contributed by atoms with Crippen LogP contribution in [0.1, 0.15) is 55.4 Å². The Morgan fingerprint density at radius 3 is 2.48 bits per heavy atom. The van der Waals surface area contributed by atoms with E-state index in [9.17, 15) is 4.79 Å². The zero-order valence-electron chi connectivity index (χ0n) is 15.1. The van der Waals surface area contributed by atoms with E-state index in [-0.39, 0.29) is 11.8 Å². The summed E-state index contributed by atoms with van der Waals surface area (Å²) in [5, 5.41) is 4.00. The van der Waals surface area contributed by atoms with Gasteiger partial charge < -0.3 is 14.2 Å². The first kappa shape index (κ1) is 17.9. The third kappa shape index (κ3) is 3.75. The van der Waals surface area contributed by atoms with Gasteiger partial charge in [0.15, 0.2) is 5.76 Å². The third-order valence-corrected chi connectivity index (χ3v) is 4.57. The number of ether oxygens (including phenoxy) is 1. The topological polar surface area (TPSA) is 58.8 Å². The maximum absolute atomic E-state index is 13.0. The number of nitrogens with zero attached hydrogens (tertiary/aromatic N) is 3. The average Bonchev–Trinajstić information content (AvgIpc) is 2.87. The fourth-order valence-electron chi connectivity index (χ4n) is 3.36. The second-order valence-electron chi connectivity index (χ2n) is 6.80. The third-order valence-electron chi connectivity index (χ3n) is 4.57. The highest BCUT2D eigenvalue weighted by atomic mass is 16.5. The number of piperazine rings is 1. The van der Waals surface area contributed by atoms with Gasteiger partial charge in [-0.25, -0.2) is 0 Å². The van der Waals surface area contributed by atoms with Gasteiger partial charge >= 0.3 is 0 Å². The molecular weight excluding hydrogens is 294 g/mol. The molecule has 2 unspecified atom stereocenters. The van der Waals surface area contributed by atoms with Crippen LogP contribution in [0.5, 0.6) is 0 Å². The van der Waals surface area contributed by atoms with Crippen LogP contribution in [0.2, 0.25) is 0 Å². The van der Waals surface area contributed by atoms with Gasteiger partial charge in [-0.2, -0.15) is 0 Å². The van der Waals surface area contributed by atoms with Crippen molar-refractivity contribution < 1.29 is 14.1 Å². The molecular formula is C17H29N3O3. The molecule has 23 heavy (non-hydrogen) atoms. The molecule has 2 rings (SSSR count). The maximum Gasteiger partial charge on any atom is 0.259 e. The van der Waals surface area contributed by atoms with Crippen molar-refractivity contribution in [2.45, 2.75) is 52.6 Å². The van der Waals surface area contributed by atoms with Crippen LogP contribution in [-0.2, 0) is 4.74 Å². The standard InChI is InChI=1S/C17H29N3O3/c1-11(2)16-15(14(5)18-23-16)17(21)19-9-12(3)20(7-8-22-6)13(4)10-19/h11-13H,7-10H2,1-6H3. The number of carbonyl (C=O) groups is 1. The number of hydrogen-bond acceptors (Lipinski definition) is 5. The quantitative estimate of drug-likeness (QED) is 0.832. The van der Waals surface area contributed by atoms with Gasteiger partial charge in [0, 0.05) is 44.7 Å². The van der Waals surface area contributed by atoms with E-state index in [2.05, 4.69) is 23.9 Å². The molecule has 0 saturated carbocycles. The number of aromatic nitrogens is 1. The lowest BCUT2D eigenvalue weighted by molar-refractivity contribution is 0.0191. The lowest BCUT2D eigenvalue weighted by Gasteiger charge is -2.44. The molecule has 6 nitrogen and oxygen atoms in total. The molecule has 0 radical (unpaired) electrons. The molecule has 130 valence electrons. The first-order valence-corrected chi connectivity index (χ1v) is 8.36. The van der Waals surface area contributed by atoms with Crippen LogP contribution in [-0.4, -0.2) is 66.3 Å². The van der Waals surface area contributed by atoms with E-state index in [0.717, 1.165) is 19.6 Å². The van der Waals surface area contributed by atoms with E-state index in [1.807, 2.05) is 25.7 Å². The number of methoxy groups -OCH3 is 1. The largest absolute Gasteiger partial charge is 0.383 e. The Kier molecular flexibility index (Phi) is 5.81. The second-order valence-corrected chi connectivity index (χ2v) is 6.80. The van der Waals surface area contributed by atoms with Crippen molar-refractivity contribution in [2.75, 3.05) is 33.4 Å². The van der Waals surface area contributed by atoms with E-state index in [1.54, 1.807) is 7.11 Å². The van der Waals surface area contributed by atoms with Crippen LogP contribution in [0.4, 0.5) is 0 Å². The Morgan fingerprint density at radius 2 is 1.96 bits per heavy atom. The fraction of sp³-hybridized carbons (Fsp3) is 0.765. The second kappa shape index (κ2) is 7.45. The minimum atomic E-state index is 0.0394. The van der Waals surface area contributed by atoms with E-state index >= 15 is 0 Å². The summed E-state index contributed by atoms with van der Waals surface area (Å²) >= 11 is 0. The molecule has 2 heterocycles. The highest BCUT2D eigenvalue weighted by molar-refractivity contribution is 5.96. The van der Waals surface area contributed by atoms with E-state index < -0.39 is 0 Å². The van der Waals surface area contributed by atoms with Crippen LogP contribution in [0, 0.1) is 6.92 Å². The van der Waals surface area contributed by atoms with Crippen LogP contribution in [0.15, 0.2) is 4.52 Å². The molecule has 1 aliphatic rings. The minimum Gasteiger partial charge on any atom is -0.383 e. The Balaban J connectivity index is 2.15. The number of aryl methyl sites for hydroxylation is 1. The summed E-state index contributed by atoms with van der Waals surface area (Å²) in [7, 11) is 1.72. The van der Waals surface area contributed by atoms with Crippen LogP contribution in [0.25, 0.3) is 0 Å². The van der Waals surface area contributed by atoms with Gasteiger partial charge in [0.25, 0.3) is 5.91 Å². The average molecular weight is 323 g/mol. The molecule has 1 amide bonds. The molecule has 1 aromatic heterocycles. The van der Waals surface area contributed by atoms with E-state index in [4.69, 9.17) is 9.26 Å². The Hall–Kier alpha value is -1.40. The predicted molar refractivity (Wildman–Crippen MR) is 88.7 cm³/mol. The number of carbonyl (C=O) groups excluding carboxylic acids is 1. The van der Waals surface area contributed by atoms with Crippen molar-refractivity contribution in [3.63, 3.8) is 0 Å². The number of hydrogen-bond donors (Lipinski definition) is 0. The maximum atomic E-state index is 13.0. The first-order valence-electron chi connectivity index (χ1n) is 8.36. The summed E-state index contributed by atoms with van der Waals surface area (Å²) in [6, 6.07) is 0.612. The smallest absolute Gasteiger partial charge is 0.259 e. The van der Waals surface area contributed by atoms with Crippen molar-refractivity contribution in [2.24, 2.45) is 0 Å². The zero-order valence-corrected chi connectivity index (χ0v) is 15.1. The zero-order chi connectivity index (χ0) is 17.1. The van der Waals surface area contributed by atoms with E-state index in [0.29, 0.717) is 35.7 Å². The first-order chi connectivity index (χ1) is 10.9. The van der Waals surface area contributed by atoms with Gasteiger partial charge in [0.2, 0.25) is 0 Å². The van der Waals surface area contributed by atoms with Crippen molar-refractivity contribution in [1.29, 1.82) is 0 Å². The Bertz CT molecular complexity index is 529. The minimum absolute atomic E-state index is 0.0394. The van der Waals surface area contributed by atoms with Gasteiger partial charge in [-0.05, 0) is 20.8 Å². The van der Waals surface area contributed by atoms with Gasteiger partial charge in [-0.1, -0.05) is 19.0 Å². The monoisotopic (exact) mass is 323 g/mol. The van der Waals surface area contributed by atoms with Crippen LogP contribution in [0.3, 0.4) is 0 Å². The molecule has 1 aromatic rings. The van der Waals surface area contributed by atoms with Gasteiger partial charge in [-0.3, -0.25) is 9.69 Å². The summed E-state index contributed by atoms with van der Waals surface area (Å²) in [6.07, 6.45) is 0. The van der Waals surface area contributed by atoms with Crippen molar-refractivity contribution in [1.82, 2.24) is 15.0 Å². The van der Waals surface area contributed by atoms with Crippen molar-refractivity contribution in [3.05, 3.63) is 17.0 Å². The number of rotatable bonds is 5. The SMILES string of the molecule is COCCN1C(C)CN(C(=O)c2c(C)noc2C(C)C)CC1C. The lowest BCUT2D eigenvalue weighted by Crippen LogP contribution is -2.58. The molecule has 0 aromatic carbocycles. The summed E-state index contributed by atoms with van der Waals surface area (Å²) in [5.74, 6) is 0.875. The lowest BCUT2D eigenvalue weighted by atomic mass is 10.0. The van der Waals surface area contributed by atoms with Crippen LogP contribution >= 0.6 is 0 Å². The summed E-state index contributed by atoms with van der Waals surface area (Å²) in [6.45, 7) is 13.2. The molecule has 1 saturated heterocycles. The molecule has 2 atom stereocenters. The predicted octanol–water partition coefficient (Wildman–Crippen LogP) is 2.29. The number of amides is 1. The summed E-state index contributed by atoms with van der Waals surface area (Å²) in [4.78, 5) is 17.3. The Labute approximate surface area is 138 Å². The molecule has 0 spiro atoms. The summed E-state index contributed by atoms with van der Waals surface area (Å²) < 4.78 is 10.6. The van der Waals surface area contributed by atoms with Gasteiger partial charge in [0.05, 0.1) is 12.3 Å². The fourth-order valence-corrected chi connectivity index (χ4v) is 3.36. The van der Waals surface area contributed by atoms with Gasteiger partial charge in [-0.15, -0.1) is 0 Å². The molecule has 0 N–H and O–H groups in total. The highest BCUT2D eigenvalue weighted by Gasteiger charge is 2.34. The highest BCUT2D eigenvalue weighted by Crippen LogP contribution is 2.25. The van der Waals surface area contributed by atoms with Crippen molar-refractivity contribution in [3.8, 4) is 0 Å². The van der Waals surface area contributed by atoms with E-state index in [1.165, 1.54) is 0 Å². The normalized spacial score (nSPS) is 22.8.